The number of amides is 1. The molecule has 2 N–H and O–H groups in total. The van der Waals surface area contributed by atoms with E-state index in [4.69, 9.17) is 4.74 Å². The zero-order chi connectivity index (χ0) is 16.4. The van der Waals surface area contributed by atoms with Gasteiger partial charge in [0, 0.05) is 12.0 Å². The summed E-state index contributed by atoms with van der Waals surface area (Å²) in [6.07, 6.45) is 3.50. The van der Waals surface area contributed by atoms with Gasteiger partial charge in [0.1, 0.15) is 5.60 Å². The molecule has 0 spiro atoms. The summed E-state index contributed by atoms with van der Waals surface area (Å²) in [7, 11) is 0. The lowest BCUT2D eigenvalue weighted by Gasteiger charge is -2.32. The van der Waals surface area contributed by atoms with Gasteiger partial charge in [0.15, 0.2) is 0 Å². The Kier molecular flexibility index (Phi) is 10.1. The molecule has 0 saturated heterocycles. The molecule has 0 aliphatic rings. The molecule has 0 aromatic heterocycles. The lowest BCUT2D eigenvalue weighted by Crippen LogP contribution is -2.42. The fraction of sp³-hybridized carbons (Fsp3) is 0.938. The second-order valence-electron chi connectivity index (χ2n) is 6.56. The maximum Gasteiger partial charge on any atom is 0.407 e. The predicted octanol–water partition coefficient (Wildman–Crippen LogP) is 3.82. The second kappa shape index (κ2) is 10.3. The Bertz CT molecular complexity index is 292. The van der Waals surface area contributed by atoms with Crippen LogP contribution < -0.4 is 5.32 Å². The number of aliphatic hydroxyl groups excluding tert-OH is 1. The minimum Gasteiger partial charge on any atom is -0.444 e. The van der Waals surface area contributed by atoms with E-state index >= 15 is 0 Å². The van der Waals surface area contributed by atoms with Crippen molar-refractivity contribution in [2.75, 3.05) is 24.7 Å². The van der Waals surface area contributed by atoms with Crippen LogP contribution in [0.25, 0.3) is 0 Å². The molecule has 4 nitrogen and oxygen atoms in total. The van der Waals surface area contributed by atoms with E-state index in [0.717, 1.165) is 37.2 Å². The van der Waals surface area contributed by atoms with Crippen molar-refractivity contribution in [1.82, 2.24) is 5.32 Å². The van der Waals surface area contributed by atoms with E-state index in [1.54, 1.807) is 0 Å². The molecule has 0 fully saturated rings. The Morgan fingerprint density at radius 3 is 2.38 bits per heavy atom. The Hall–Kier alpha value is -0.420. The molecule has 1 unspecified atom stereocenters. The number of nitrogens with one attached hydrogen (secondary N) is 1. The molecule has 0 heterocycles. The molecule has 21 heavy (non-hydrogen) atoms. The number of rotatable bonds is 10. The first-order chi connectivity index (χ1) is 9.78. The average molecular weight is 320 g/mol. The Labute approximate surface area is 134 Å². The van der Waals surface area contributed by atoms with E-state index in [9.17, 15) is 9.90 Å². The number of alkyl carbamates (subject to hydrolysis) is 1. The van der Waals surface area contributed by atoms with E-state index in [-0.39, 0.29) is 12.0 Å². The highest BCUT2D eigenvalue weighted by Crippen LogP contribution is 2.29. The second-order valence-corrected chi connectivity index (χ2v) is 7.96. The Balaban J connectivity index is 4.42. The lowest BCUT2D eigenvalue weighted by molar-refractivity contribution is 0.0444. The van der Waals surface area contributed by atoms with Crippen molar-refractivity contribution in [3.8, 4) is 0 Å². The maximum atomic E-state index is 11.8. The first kappa shape index (κ1) is 20.6. The van der Waals surface area contributed by atoms with Gasteiger partial charge in [-0.1, -0.05) is 20.3 Å². The number of thioether (sulfide) groups is 1. The molecule has 5 heteroatoms. The van der Waals surface area contributed by atoms with Crippen LogP contribution in [0.4, 0.5) is 4.79 Å². The van der Waals surface area contributed by atoms with E-state index in [1.807, 2.05) is 32.5 Å². The van der Waals surface area contributed by atoms with E-state index in [2.05, 4.69) is 19.2 Å². The van der Waals surface area contributed by atoms with Crippen LogP contribution >= 0.6 is 11.8 Å². The largest absolute Gasteiger partial charge is 0.444 e. The van der Waals surface area contributed by atoms with Crippen molar-refractivity contribution in [1.29, 1.82) is 0 Å². The monoisotopic (exact) mass is 319 g/mol. The topological polar surface area (TPSA) is 58.6 Å². The van der Waals surface area contributed by atoms with Gasteiger partial charge in [-0.15, -0.1) is 0 Å². The molecule has 126 valence electrons. The minimum atomic E-state index is -0.492. The summed E-state index contributed by atoms with van der Waals surface area (Å²) in [6, 6.07) is 0. The van der Waals surface area contributed by atoms with Crippen LogP contribution in [0.2, 0.25) is 0 Å². The number of hydrogen-bond donors (Lipinski definition) is 2. The van der Waals surface area contributed by atoms with Gasteiger partial charge in [0.25, 0.3) is 0 Å². The van der Waals surface area contributed by atoms with Gasteiger partial charge in [-0.2, -0.15) is 11.8 Å². The van der Waals surface area contributed by atoms with Gasteiger partial charge in [-0.05, 0) is 51.5 Å². The molecule has 0 saturated carbocycles. The van der Waals surface area contributed by atoms with Crippen molar-refractivity contribution < 1.29 is 14.6 Å². The van der Waals surface area contributed by atoms with Gasteiger partial charge in [0.2, 0.25) is 0 Å². The molecule has 0 radical (unpaired) electrons. The van der Waals surface area contributed by atoms with Gasteiger partial charge in [0.05, 0.1) is 6.61 Å². The number of hydrogen-bond acceptors (Lipinski definition) is 4. The normalized spacial score (nSPS) is 14.6. The van der Waals surface area contributed by atoms with Gasteiger partial charge in [-0.25, -0.2) is 4.79 Å². The fourth-order valence-electron chi connectivity index (χ4n) is 2.31. The highest BCUT2D eigenvalue weighted by molar-refractivity contribution is 7.99. The molecule has 1 atom stereocenters. The third kappa shape index (κ3) is 10.0. The van der Waals surface area contributed by atoms with Gasteiger partial charge >= 0.3 is 6.09 Å². The van der Waals surface area contributed by atoms with Crippen LogP contribution in [0.15, 0.2) is 0 Å². The van der Waals surface area contributed by atoms with Crippen LogP contribution in [0, 0.1) is 5.41 Å². The van der Waals surface area contributed by atoms with Crippen molar-refractivity contribution >= 4 is 17.9 Å². The summed E-state index contributed by atoms with van der Waals surface area (Å²) in [6.45, 7) is 10.4. The zero-order valence-electron chi connectivity index (χ0n) is 14.3. The summed E-state index contributed by atoms with van der Waals surface area (Å²) in [5, 5.41) is 12.6. The molecule has 1 amide bonds. The summed E-state index contributed by atoms with van der Waals surface area (Å²) >= 11 is 1.92. The molecule has 0 aliphatic heterocycles. The van der Waals surface area contributed by atoms with Crippen molar-refractivity contribution in [2.45, 2.75) is 65.9 Å². The molecule has 0 rings (SSSR count). The molecule has 0 aromatic rings. The summed E-state index contributed by atoms with van der Waals surface area (Å²) in [4.78, 5) is 11.8. The molecule has 0 aromatic carbocycles. The molecular weight excluding hydrogens is 286 g/mol. The van der Waals surface area contributed by atoms with Crippen LogP contribution in [-0.4, -0.2) is 41.5 Å². The predicted molar refractivity (Wildman–Crippen MR) is 90.9 cm³/mol. The number of ether oxygens (including phenoxy) is 1. The lowest BCUT2D eigenvalue weighted by atomic mass is 9.80. The van der Waals surface area contributed by atoms with Crippen molar-refractivity contribution in [3.63, 3.8) is 0 Å². The molecular formula is C16H33NO3S. The van der Waals surface area contributed by atoms with E-state index < -0.39 is 11.7 Å². The van der Waals surface area contributed by atoms with Gasteiger partial charge < -0.3 is 15.2 Å². The Morgan fingerprint density at radius 2 is 1.90 bits per heavy atom. The maximum absolute atomic E-state index is 11.8. The third-order valence-corrected chi connectivity index (χ3v) is 4.31. The number of carbonyl (C=O) groups is 1. The smallest absolute Gasteiger partial charge is 0.407 e. The van der Waals surface area contributed by atoms with E-state index in [0.29, 0.717) is 6.54 Å². The summed E-state index contributed by atoms with van der Waals surface area (Å²) in [5.41, 5.74) is -0.714. The highest BCUT2D eigenvalue weighted by Gasteiger charge is 2.29. The standard InChI is InChI=1S/C16H33NO3S/c1-6-9-16(13-18,10-8-11-21-7-2)12-17-14(19)20-15(3,4)5/h18H,6-13H2,1-5H3,(H,17,19). The summed E-state index contributed by atoms with van der Waals surface area (Å²) in [5.74, 6) is 2.23. The average Bonchev–Trinajstić information content (AvgIpc) is 2.39. The van der Waals surface area contributed by atoms with E-state index in [1.165, 1.54) is 0 Å². The SMILES string of the molecule is CCCC(CO)(CCCSCC)CNC(=O)OC(C)(C)C. The van der Waals surface area contributed by atoms with Crippen molar-refractivity contribution in [3.05, 3.63) is 0 Å². The van der Waals surface area contributed by atoms with Crippen molar-refractivity contribution in [2.24, 2.45) is 5.41 Å². The number of aliphatic hydroxyl groups is 1. The van der Waals surface area contributed by atoms with Crippen LogP contribution in [0.5, 0.6) is 0 Å². The first-order valence-corrected chi connectivity index (χ1v) is 9.09. The van der Waals surface area contributed by atoms with Crippen LogP contribution in [0.1, 0.15) is 60.3 Å². The summed E-state index contributed by atoms with van der Waals surface area (Å²) < 4.78 is 5.26. The fourth-order valence-corrected chi connectivity index (χ4v) is 2.95. The zero-order valence-corrected chi connectivity index (χ0v) is 15.1. The van der Waals surface area contributed by atoms with Gasteiger partial charge in [-0.3, -0.25) is 0 Å². The minimum absolute atomic E-state index is 0.105. The molecule has 0 aliphatic carbocycles. The van der Waals surface area contributed by atoms with Crippen LogP contribution in [-0.2, 0) is 4.74 Å². The van der Waals surface area contributed by atoms with Crippen LogP contribution in [0.3, 0.4) is 0 Å². The third-order valence-electron chi connectivity index (χ3n) is 3.32. The Morgan fingerprint density at radius 1 is 1.24 bits per heavy atom. The quantitative estimate of drug-likeness (QED) is 0.601. The first-order valence-electron chi connectivity index (χ1n) is 7.94. The highest BCUT2D eigenvalue weighted by atomic mass is 32.2. The molecule has 0 bridgehead atoms. The number of carbonyl (C=O) groups excluding carboxylic acids is 1.